The van der Waals surface area contributed by atoms with Gasteiger partial charge in [0.15, 0.2) is 0 Å². The lowest BCUT2D eigenvalue weighted by molar-refractivity contribution is 0.171. The number of amides is 2. The highest BCUT2D eigenvalue weighted by molar-refractivity contribution is 6.05. The molecular weight excluding hydrogens is 588 g/mol. The number of aliphatic imine (C=N–C) groups is 1. The van der Waals surface area contributed by atoms with Crippen molar-refractivity contribution in [1.82, 2.24) is 20.1 Å². The predicted molar refractivity (Wildman–Crippen MR) is 189 cm³/mol. The lowest BCUT2D eigenvalue weighted by atomic mass is 9.85. The van der Waals surface area contributed by atoms with E-state index in [9.17, 15) is 4.79 Å². The number of nitrogens with zero attached hydrogens (tertiary/aromatic N) is 3. The minimum atomic E-state index is -0.374. The number of aryl methyl sites for hydroxylation is 1. The van der Waals surface area contributed by atoms with Crippen LogP contribution >= 0.6 is 0 Å². The molecule has 1 aliphatic heterocycles. The molecule has 10 nitrogen and oxygen atoms in total. The third kappa shape index (κ3) is 10.1. The molecule has 2 aromatic carbocycles. The highest BCUT2D eigenvalue weighted by Gasteiger charge is 2.29. The number of aromatic nitrogens is 1. The van der Waals surface area contributed by atoms with Gasteiger partial charge in [0.05, 0.1) is 24.3 Å². The summed E-state index contributed by atoms with van der Waals surface area (Å²) in [7, 11) is 2.18. The number of amidine groups is 1. The first-order chi connectivity index (χ1) is 22.3. The maximum absolute atomic E-state index is 13.2. The molecule has 250 valence electrons. The maximum Gasteiger partial charge on any atom is 0.320 e. The number of benzene rings is 2. The average Bonchev–Trinajstić information content (AvgIpc) is 3.42. The maximum atomic E-state index is 13.2. The van der Waals surface area contributed by atoms with E-state index in [0.29, 0.717) is 35.8 Å². The van der Waals surface area contributed by atoms with Crippen molar-refractivity contribution >= 4 is 23.9 Å². The predicted octanol–water partition coefficient (Wildman–Crippen LogP) is 6.56. The molecule has 1 saturated heterocycles. The lowest BCUT2D eigenvalue weighted by Gasteiger charge is -2.32. The van der Waals surface area contributed by atoms with Gasteiger partial charge in [0.1, 0.15) is 23.2 Å². The summed E-state index contributed by atoms with van der Waals surface area (Å²) in [4.78, 5) is 20.3. The Morgan fingerprint density at radius 1 is 1.04 bits per heavy atom. The largest absolute Gasteiger partial charge is 0.484 e. The Hall–Kier alpha value is -4.70. The molecular formula is C37H50N8O2. The third-order valence-corrected chi connectivity index (χ3v) is 8.42. The lowest BCUT2D eigenvalue weighted by Crippen LogP contribution is -2.42. The molecule has 6 N–H and O–H groups in total. The second kappa shape index (κ2) is 15.7. The van der Waals surface area contributed by atoms with Crippen LogP contribution in [0.4, 0.5) is 10.5 Å². The standard InChI is InChI=1S/C31H37N7O2.C6H13N/c1-20-9-11-21(12-10-20)35-29(17-27(33)31(2,3)4)37-30(39)36-25-14-15-26(24-8-6-5-7-23(24)25)40-22-13-16-28(34)38(18-22)19-32;1-6-3-4-7(2)5-6/h5-13,16-19,25-26,32,34H,14-15,33H2,1-4H3,(H2,35,36,37,39);6H,3-5H2,1-2H3/b27-17-,32-19?,34-28?;/t25-,26+;6-/m01/s1. The molecule has 1 fully saturated rings. The Morgan fingerprint density at radius 3 is 2.34 bits per heavy atom. The Kier molecular flexibility index (Phi) is 11.8. The highest BCUT2D eigenvalue weighted by Crippen LogP contribution is 2.38. The smallest absolute Gasteiger partial charge is 0.320 e. The number of fused-ring (bicyclic) bond motifs is 1. The van der Waals surface area contributed by atoms with E-state index in [1.807, 2.05) is 76.2 Å². The summed E-state index contributed by atoms with van der Waals surface area (Å²) < 4.78 is 7.66. The fourth-order valence-corrected chi connectivity index (χ4v) is 5.54. The molecule has 0 unspecified atom stereocenters. The summed E-state index contributed by atoms with van der Waals surface area (Å²) in [5.41, 5.74) is 10.6. The van der Waals surface area contributed by atoms with Crippen molar-refractivity contribution in [2.45, 2.75) is 66.0 Å². The second-order valence-electron chi connectivity index (χ2n) is 13.6. The van der Waals surface area contributed by atoms with E-state index in [0.717, 1.165) is 28.9 Å². The first kappa shape index (κ1) is 35.2. The number of nitrogens with one attached hydrogen (secondary N) is 4. The molecule has 10 heteroatoms. The summed E-state index contributed by atoms with van der Waals surface area (Å²) in [6.07, 6.45) is 6.93. The van der Waals surface area contributed by atoms with Gasteiger partial charge in [-0.05, 0) is 81.1 Å². The minimum absolute atomic E-state index is 0.200. The number of pyridine rings is 1. The number of hydrogen-bond donors (Lipinski definition) is 5. The van der Waals surface area contributed by atoms with Crippen LogP contribution in [-0.4, -0.2) is 47.8 Å². The van der Waals surface area contributed by atoms with Crippen molar-refractivity contribution in [2.75, 3.05) is 20.1 Å². The number of rotatable bonds is 6. The normalized spacial score (nSPS) is 20.0. The molecule has 2 amide bonds. The Morgan fingerprint density at radius 2 is 1.74 bits per heavy atom. The summed E-state index contributed by atoms with van der Waals surface area (Å²) in [6, 6.07) is 18.4. The van der Waals surface area contributed by atoms with Gasteiger partial charge in [0, 0.05) is 23.7 Å². The number of allylic oxidation sites excluding steroid dienone is 1. The van der Waals surface area contributed by atoms with Crippen LogP contribution in [0.1, 0.15) is 75.8 Å². The molecule has 0 bridgehead atoms. The molecule has 47 heavy (non-hydrogen) atoms. The Labute approximate surface area is 278 Å². The molecule has 3 aromatic rings. The van der Waals surface area contributed by atoms with Gasteiger partial charge in [-0.2, -0.15) is 0 Å². The van der Waals surface area contributed by atoms with Crippen molar-refractivity contribution in [3.05, 3.63) is 101 Å². The van der Waals surface area contributed by atoms with Crippen molar-refractivity contribution in [3.63, 3.8) is 0 Å². The first-order valence-electron chi connectivity index (χ1n) is 16.2. The van der Waals surface area contributed by atoms with Crippen LogP contribution in [-0.2, 0) is 0 Å². The highest BCUT2D eigenvalue weighted by atomic mass is 16.5. The zero-order valence-corrected chi connectivity index (χ0v) is 28.5. The van der Waals surface area contributed by atoms with E-state index >= 15 is 0 Å². The average molecular weight is 639 g/mol. The Balaban J connectivity index is 0.000000632. The molecule has 1 aromatic heterocycles. The number of ether oxygens (including phenoxy) is 1. The quantitative estimate of drug-likeness (QED) is 0.154. The van der Waals surface area contributed by atoms with Crippen LogP contribution in [0, 0.1) is 29.1 Å². The minimum Gasteiger partial charge on any atom is -0.484 e. The van der Waals surface area contributed by atoms with Crippen molar-refractivity contribution in [3.8, 4) is 5.75 Å². The monoisotopic (exact) mass is 638 g/mol. The van der Waals surface area contributed by atoms with Gasteiger partial charge >= 0.3 is 6.03 Å². The number of hydrogen-bond acceptors (Lipinski definition) is 7. The second-order valence-corrected chi connectivity index (χ2v) is 13.6. The van der Waals surface area contributed by atoms with E-state index < -0.39 is 0 Å². The number of nitrogens with two attached hydrogens (primary N) is 1. The van der Waals surface area contributed by atoms with Gasteiger partial charge in [0.25, 0.3) is 0 Å². The van der Waals surface area contributed by atoms with Crippen LogP contribution in [0.2, 0.25) is 0 Å². The zero-order chi connectivity index (χ0) is 34.1. The van der Waals surface area contributed by atoms with Gasteiger partial charge in [-0.25, -0.2) is 9.79 Å². The first-order valence-corrected chi connectivity index (χ1v) is 16.2. The molecule has 5 rings (SSSR count). The van der Waals surface area contributed by atoms with Gasteiger partial charge in [0.2, 0.25) is 0 Å². The van der Waals surface area contributed by atoms with E-state index in [4.69, 9.17) is 21.3 Å². The molecule has 1 aliphatic carbocycles. The van der Waals surface area contributed by atoms with Gasteiger partial charge in [-0.1, -0.05) is 69.7 Å². The molecule has 0 spiro atoms. The van der Waals surface area contributed by atoms with Crippen LogP contribution in [0.5, 0.6) is 5.75 Å². The Bertz CT molecular complexity index is 1640. The van der Waals surface area contributed by atoms with E-state index in [1.54, 1.807) is 24.4 Å². The number of likely N-dealkylation sites (tertiary alicyclic amines) is 1. The van der Waals surface area contributed by atoms with Crippen LogP contribution < -0.4 is 26.6 Å². The zero-order valence-electron chi connectivity index (χ0n) is 28.5. The summed E-state index contributed by atoms with van der Waals surface area (Å²) >= 11 is 0. The van der Waals surface area contributed by atoms with Crippen LogP contribution in [0.3, 0.4) is 0 Å². The molecule has 2 heterocycles. The van der Waals surface area contributed by atoms with Crippen molar-refractivity contribution in [2.24, 2.45) is 22.1 Å². The van der Waals surface area contributed by atoms with Crippen LogP contribution in [0.15, 0.2) is 83.6 Å². The molecule has 0 saturated carbocycles. The topological polar surface area (TPSA) is 145 Å². The number of urea groups is 1. The molecule has 0 radical (unpaired) electrons. The summed E-state index contributed by atoms with van der Waals surface area (Å²) in [5.74, 6) is 1.88. The van der Waals surface area contributed by atoms with E-state index in [2.05, 4.69) is 34.5 Å². The van der Waals surface area contributed by atoms with Gasteiger partial charge in [-0.3, -0.25) is 20.7 Å². The summed E-state index contributed by atoms with van der Waals surface area (Å²) in [5, 5.41) is 21.4. The SMILES string of the molecule is C[C@@H]1CCN(C)C1.Cc1ccc(N=C(/C=C(\N)C(C)(C)C)NC(=O)N[C@H]2CC[C@@H](Oc3ccc(=N)n(C=N)c3)c3ccccc32)cc1. The fraction of sp³-hybridized carbons (Fsp3) is 0.405. The van der Waals surface area contributed by atoms with Crippen molar-refractivity contribution in [1.29, 1.82) is 10.8 Å². The summed E-state index contributed by atoms with van der Waals surface area (Å²) in [6.45, 7) is 12.9. The molecule has 3 atom stereocenters. The third-order valence-electron chi connectivity index (χ3n) is 8.42. The fourth-order valence-electron chi connectivity index (χ4n) is 5.54. The number of carbonyl (C=O) groups excluding carboxylic acids is 1. The number of carbonyl (C=O) groups is 1. The van der Waals surface area contributed by atoms with Crippen molar-refractivity contribution < 1.29 is 9.53 Å². The van der Waals surface area contributed by atoms with Gasteiger partial charge < -0.3 is 20.7 Å². The van der Waals surface area contributed by atoms with Crippen LogP contribution in [0.25, 0.3) is 0 Å². The van der Waals surface area contributed by atoms with Gasteiger partial charge in [-0.15, -0.1) is 0 Å². The molecule has 2 aliphatic rings. The van der Waals surface area contributed by atoms with E-state index in [-0.39, 0.29) is 29.1 Å². The van der Waals surface area contributed by atoms with E-state index in [1.165, 1.54) is 24.1 Å².